The second-order valence-corrected chi connectivity index (χ2v) is 2.61. The molecule has 0 bridgehead atoms. The van der Waals surface area contributed by atoms with Gasteiger partial charge in [0, 0.05) is 6.54 Å². The normalized spacial score (nSPS) is 10.1. The Bertz CT molecular complexity index is 239. The molecular weight excluding hydrogens is 152 g/mol. The van der Waals surface area contributed by atoms with Crippen molar-refractivity contribution in [3.63, 3.8) is 0 Å². The zero-order chi connectivity index (χ0) is 8.97. The summed E-state index contributed by atoms with van der Waals surface area (Å²) < 4.78 is 0. The molecule has 0 unspecified atom stereocenters. The Kier molecular flexibility index (Phi) is 2.88. The van der Waals surface area contributed by atoms with E-state index in [1.165, 1.54) is 0 Å². The fraction of sp³-hybridized carbons (Fsp3) is 0.375. The molecule has 0 aliphatic carbocycles. The van der Waals surface area contributed by atoms with Crippen LogP contribution < -0.4 is 16.8 Å². The van der Waals surface area contributed by atoms with Crippen molar-refractivity contribution in [1.82, 2.24) is 10.3 Å². The quantitative estimate of drug-likeness (QED) is 0.605. The van der Waals surface area contributed by atoms with Gasteiger partial charge in [0.25, 0.3) is 0 Å². The second kappa shape index (κ2) is 3.92. The molecule has 0 aliphatic rings. The molecule has 1 aromatic heterocycles. The number of rotatable bonds is 3. The van der Waals surface area contributed by atoms with Gasteiger partial charge < -0.3 is 16.8 Å². The van der Waals surface area contributed by atoms with Crippen LogP contribution in [0.25, 0.3) is 0 Å². The molecule has 1 heterocycles. The molecule has 0 amide bonds. The van der Waals surface area contributed by atoms with E-state index >= 15 is 0 Å². The lowest BCUT2D eigenvalue weighted by Gasteiger charge is -2.03. The molecular formula is C8H14N4. The van der Waals surface area contributed by atoms with E-state index in [1.807, 2.05) is 19.1 Å². The van der Waals surface area contributed by atoms with E-state index in [0.29, 0.717) is 11.6 Å². The molecule has 0 radical (unpaired) electrons. The molecule has 5 N–H and O–H groups in total. The summed E-state index contributed by atoms with van der Waals surface area (Å²) in [5.41, 5.74) is 12.1. The van der Waals surface area contributed by atoms with Gasteiger partial charge in [-0.1, -0.05) is 6.92 Å². The molecule has 0 saturated carbocycles. The van der Waals surface area contributed by atoms with Crippen molar-refractivity contribution in [2.75, 3.05) is 18.0 Å². The van der Waals surface area contributed by atoms with E-state index in [4.69, 9.17) is 11.5 Å². The Labute approximate surface area is 72.0 Å². The number of nitrogens with zero attached hydrogens (tertiary/aromatic N) is 1. The molecule has 0 saturated heterocycles. The van der Waals surface area contributed by atoms with Crippen molar-refractivity contribution in [2.45, 2.75) is 13.5 Å². The lowest BCUT2D eigenvalue weighted by Crippen LogP contribution is -2.12. The number of hydrogen-bond acceptors (Lipinski definition) is 4. The Morgan fingerprint density at radius 2 is 1.92 bits per heavy atom. The van der Waals surface area contributed by atoms with E-state index < -0.39 is 0 Å². The van der Waals surface area contributed by atoms with Crippen LogP contribution in [-0.4, -0.2) is 11.5 Å². The first kappa shape index (κ1) is 8.80. The van der Waals surface area contributed by atoms with Gasteiger partial charge in [-0.2, -0.15) is 0 Å². The number of anilines is 2. The first-order chi connectivity index (χ1) is 5.72. The third kappa shape index (κ3) is 2.39. The summed E-state index contributed by atoms with van der Waals surface area (Å²) in [5, 5.41) is 3.18. The molecule has 0 spiro atoms. The van der Waals surface area contributed by atoms with Gasteiger partial charge in [0.05, 0.1) is 0 Å². The average Bonchev–Trinajstić information content (AvgIpc) is 1.99. The summed E-state index contributed by atoms with van der Waals surface area (Å²) in [5.74, 6) is 0.950. The van der Waals surface area contributed by atoms with Gasteiger partial charge >= 0.3 is 0 Å². The van der Waals surface area contributed by atoms with Crippen molar-refractivity contribution in [1.29, 1.82) is 0 Å². The third-order valence-corrected chi connectivity index (χ3v) is 1.50. The van der Waals surface area contributed by atoms with Crippen LogP contribution in [-0.2, 0) is 6.54 Å². The number of nitrogens with two attached hydrogens (primary N) is 2. The van der Waals surface area contributed by atoms with Crippen molar-refractivity contribution in [2.24, 2.45) is 0 Å². The topological polar surface area (TPSA) is 77.0 Å². The van der Waals surface area contributed by atoms with Gasteiger partial charge in [-0.3, -0.25) is 0 Å². The molecule has 1 rings (SSSR count). The molecule has 4 heteroatoms. The van der Waals surface area contributed by atoms with E-state index in [0.717, 1.165) is 18.7 Å². The molecule has 0 fully saturated rings. The average molecular weight is 166 g/mol. The third-order valence-electron chi connectivity index (χ3n) is 1.50. The summed E-state index contributed by atoms with van der Waals surface area (Å²) in [7, 11) is 0. The molecule has 1 aromatic rings. The molecule has 0 aromatic carbocycles. The maximum Gasteiger partial charge on any atom is 0.126 e. The van der Waals surface area contributed by atoms with Gasteiger partial charge in [-0.05, 0) is 24.2 Å². The number of nitrogen functional groups attached to an aromatic ring is 2. The van der Waals surface area contributed by atoms with Crippen LogP contribution in [0.1, 0.15) is 12.5 Å². The lowest BCUT2D eigenvalue weighted by atomic mass is 10.2. The monoisotopic (exact) mass is 166 g/mol. The summed E-state index contributed by atoms with van der Waals surface area (Å²) in [6, 6.07) is 3.64. The van der Waals surface area contributed by atoms with Crippen molar-refractivity contribution in [3.8, 4) is 0 Å². The first-order valence-corrected chi connectivity index (χ1v) is 3.95. The molecule has 0 atom stereocenters. The zero-order valence-corrected chi connectivity index (χ0v) is 7.17. The van der Waals surface area contributed by atoms with Gasteiger partial charge in [0.2, 0.25) is 0 Å². The van der Waals surface area contributed by atoms with Crippen LogP contribution in [0.3, 0.4) is 0 Å². The Morgan fingerprint density at radius 1 is 1.33 bits per heavy atom. The van der Waals surface area contributed by atoms with Crippen LogP contribution in [0, 0.1) is 0 Å². The maximum absolute atomic E-state index is 5.51. The summed E-state index contributed by atoms with van der Waals surface area (Å²) in [4.78, 5) is 3.87. The van der Waals surface area contributed by atoms with Crippen LogP contribution in [0.15, 0.2) is 12.1 Å². The predicted molar refractivity (Wildman–Crippen MR) is 50.4 cm³/mol. The highest BCUT2D eigenvalue weighted by atomic mass is 14.9. The highest BCUT2D eigenvalue weighted by Gasteiger charge is 1.96. The van der Waals surface area contributed by atoms with Gasteiger partial charge in [0.15, 0.2) is 0 Å². The fourth-order valence-corrected chi connectivity index (χ4v) is 1.01. The van der Waals surface area contributed by atoms with Crippen LogP contribution >= 0.6 is 0 Å². The first-order valence-electron chi connectivity index (χ1n) is 3.95. The van der Waals surface area contributed by atoms with Gasteiger partial charge in [-0.15, -0.1) is 0 Å². The Morgan fingerprint density at radius 3 is 2.42 bits per heavy atom. The second-order valence-electron chi connectivity index (χ2n) is 2.61. The predicted octanol–water partition coefficient (Wildman–Crippen LogP) is 0.355. The minimum Gasteiger partial charge on any atom is -0.384 e. The van der Waals surface area contributed by atoms with E-state index in [1.54, 1.807) is 0 Å². The van der Waals surface area contributed by atoms with Crippen molar-refractivity contribution in [3.05, 3.63) is 17.7 Å². The molecule has 66 valence electrons. The number of aromatic nitrogens is 1. The largest absolute Gasteiger partial charge is 0.384 e. The number of hydrogen-bond donors (Lipinski definition) is 3. The summed E-state index contributed by atoms with van der Waals surface area (Å²) in [6.07, 6.45) is 0. The van der Waals surface area contributed by atoms with Crippen molar-refractivity contribution < 1.29 is 0 Å². The molecule has 12 heavy (non-hydrogen) atoms. The highest BCUT2D eigenvalue weighted by molar-refractivity contribution is 5.43. The maximum atomic E-state index is 5.51. The molecule has 0 aliphatic heterocycles. The standard InChI is InChI=1S/C8H14N4/c1-2-11-5-6-3-7(9)12-8(10)4-6/h3-4,11H,2,5H2,1H3,(H4,9,10,12). The summed E-state index contributed by atoms with van der Waals surface area (Å²) in [6.45, 7) is 3.77. The van der Waals surface area contributed by atoms with Gasteiger partial charge in [-0.25, -0.2) is 4.98 Å². The van der Waals surface area contributed by atoms with E-state index in [2.05, 4.69) is 10.3 Å². The smallest absolute Gasteiger partial charge is 0.126 e. The fourth-order valence-electron chi connectivity index (χ4n) is 1.01. The van der Waals surface area contributed by atoms with Crippen LogP contribution in [0.2, 0.25) is 0 Å². The lowest BCUT2D eigenvalue weighted by molar-refractivity contribution is 0.726. The zero-order valence-electron chi connectivity index (χ0n) is 7.17. The molecule has 4 nitrogen and oxygen atoms in total. The minimum atomic E-state index is 0.475. The van der Waals surface area contributed by atoms with E-state index in [9.17, 15) is 0 Å². The minimum absolute atomic E-state index is 0.475. The van der Waals surface area contributed by atoms with Crippen molar-refractivity contribution >= 4 is 11.6 Å². The number of pyridine rings is 1. The Hall–Kier alpha value is -1.29. The van der Waals surface area contributed by atoms with Gasteiger partial charge in [0.1, 0.15) is 11.6 Å². The number of nitrogens with one attached hydrogen (secondary N) is 1. The van der Waals surface area contributed by atoms with Crippen LogP contribution in [0.5, 0.6) is 0 Å². The van der Waals surface area contributed by atoms with E-state index in [-0.39, 0.29) is 0 Å². The SMILES string of the molecule is CCNCc1cc(N)nc(N)c1. The van der Waals surface area contributed by atoms with Crippen LogP contribution in [0.4, 0.5) is 11.6 Å². The highest BCUT2D eigenvalue weighted by Crippen LogP contribution is 2.08. The summed E-state index contributed by atoms with van der Waals surface area (Å²) >= 11 is 0. The Balaban J connectivity index is 2.72.